The van der Waals surface area contributed by atoms with Crippen LogP contribution in [-0.4, -0.2) is 21.2 Å². The summed E-state index contributed by atoms with van der Waals surface area (Å²) in [6.45, 7) is 1.98. The average molecular weight is 420 g/mol. The van der Waals surface area contributed by atoms with E-state index in [0.717, 1.165) is 34.4 Å². The Balaban J connectivity index is 1.51. The van der Waals surface area contributed by atoms with E-state index in [1.165, 1.54) is 28.6 Å². The number of nitrogens with zero attached hydrogens (tertiary/aromatic N) is 2. The molecule has 0 unspecified atom stereocenters. The second-order valence-corrected chi connectivity index (χ2v) is 9.75. The van der Waals surface area contributed by atoms with E-state index in [2.05, 4.69) is 5.32 Å². The summed E-state index contributed by atoms with van der Waals surface area (Å²) in [6.07, 6.45) is 4.35. The Morgan fingerprint density at radius 1 is 1.41 bits per heavy atom. The Morgan fingerprint density at radius 3 is 3.00 bits per heavy atom. The van der Waals surface area contributed by atoms with Crippen LogP contribution in [-0.2, 0) is 24.7 Å². The van der Waals surface area contributed by atoms with Crippen LogP contribution in [0.1, 0.15) is 41.1 Å². The van der Waals surface area contributed by atoms with Crippen LogP contribution < -0.4 is 10.9 Å². The SMILES string of the molecule is C[C@@H](NC(=O)CSc1nc2sc3c(c2c(=O)n1C)CCCC3)c1cccs1. The number of rotatable bonds is 5. The van der Waals surface area contributed by atoms with Crippen molar-refractivity contribution in [2.24, 2.45) is 7.05 Å². The van der Waals surface area contributed by atoms with E-state index in [9.17, 15) is 9.59 Å². The van der Waals surface area contributed by atoms with Crippen molar-refractivity contribution in [3.05, 3.63) is 43.2 Å². The van der Waals surface area contributed by atoms with Crippen LogP contribution in [0.15, 0.2) is 27.5 Å². The minimum Gasteiger partial charge on any atom is -0.348 e. The Bertz CT molecular complexity index is 1040. The second-order valence-electron chi connectivity index (χ2n) is 6.74. The van der Waals surface area contributed by atoms with Crippen LogP contribution in [0.5, 0.6) is 0 Å². The molecule has 142 valence electrons. The summed E-state index contributed by atoms with van der Waals surface area (Å²) >= 11 is 4.59. The molecule has 1 N–H and O–H groups in total. The molecule has 0 saturated heterocycles. The summed E-state index contributed by atoms with van der Waals surface area (Å²) in [5.41, 5.74) is 1.21. The first kappa shape index (κ1) is 18.7. The lowest BCUT2D eigenvalue weighted by Crippen LogP contribution is -2.28. The number of carbonyl (C=O) groups is 1. The molecule has 0 saturated carbocycles. The number of thiophene rings is 2. The van der Waals surface area contributed by atoms with E-state index in [-0.39, 0.29) is 23.3 Å². The second kappa shape index (κ2) is 7.77. The molecule has 3 aromatic heterocycles. The van der Waals surface area contributed by atoms with Gasteiger partial charge in [0.15, 0.2) is 5.16 Å². The molecule has 3 aromatic rings. The molecule has 27 heavy (non-hydrogen) atoms. The number of hydrogen-bond donors (Lipinski definition) is 1. The number of aryl methyl sites for hydroxylation is 2. The highest BCUT2D eigenvalue weighted by Gasteiger charge is 2.21. The fourth-order valence-corrected chi connectivity index (χ4v) is 6.24. The van der Waals surface area contributed by atoms with Gasteiger partial charge in [-0.05, 0) is 49.6 Å². The predicted molar refractivity (Wildman–Crippen MR) is 113 cm³/mol. The normalized spacial score (nSPS) is 14.9. The van der Waals surface area contributed by atoms with Crippen LogP contribution in [0.2, 0.25) is 0 Å². The van der Waals surface area contributed by atoms with Gasteiger partial charge >= 0.3 is 0 Å². The third kappa shape index (κ3) is 3.70. The highest BCUT2D eigenvalue weighted by atomic mass is 32.2. The smallest absolute Gasteiger partial charge is 0.262 e. The molecule has 1 atom stereocenters. The minimum atomic E-state index is -0.0549. The molecule has 0 spiro atoms. The van der Waals surface area contributed by atoms with Crippen molar-refractivity contribution in [2.45, 2.75) is 43.8 Å². The summed E-state index contributed by atoms with van der Waals surface area (Å²) in [7, 11) is 1.75. The number of thioether (sulfide) groups is 1. The van der Waals surface area contributed by atoms with Crippen LogP contribution >= 0.6 is 34.4 Å². The maximum Gasteiger partial charge on any atom is 0.262 e. The van der Waals surface area contributed by atoms with E-state index < -0.39 is 0 Å². The third-order valence-electron chi connectivity index (χ3n) is 4.84. The van der Waals surface area contributed by atoms with E-state index >= 15 is 0 Å². The summed E-state index contributed by atoms with van der Waals surface area (Å²) in [6, 6.07) is 3.98. The Kier molecular flexibility index (Phi) is 5.39. The van der Waals surface area contributed by atoms with Gasteiger partial charge in [0.25, 0.3) is 5.56 Å². The molecule has 8 heteroatoms. The summed E-state index contributed by atoms with van der Waals surface area (Å²) < 4.78 is 1.59. The molecule has 5 nitrogen and oxygen atoms in total. The van der Waals surface area contributed by atoms with Crippen molar-refractivity contribution in [3.63, 3.8) is 0 Å². The maximum absolute atomic E-state index is 12.9. The van der Waals surface area contributed by atoms with Gasteiger partial charge in [0.1, 0.15) is 4.83 Å². The fourth-order valence-electron chi connectivity index (χ4n) is 3.42. The Hall–Kier alpha value is -1.64. The molecule has 4 rings (SSSR count). The molecular weight excluding hydrogens is 398 g/mol. The highest BCUT2D eigenvalue weighted by molar-refractivity contribution is 7.99. The van der Waals surface area contributed by atoms with Crippen LogP contribution in [0.4, 0.5) is 0 Å². The van der Waals surface area contributed by atoms with Crippen LogP contribution in [0.25, 0.3) is 10.2 Å². The third-order valence-corrected chi connectivity index (χ3v) is 8.11. The monoisotopic (exact) mass is 419 g/mol. The zero-order valence-electron chi connectivity index (χ0n) is 15.3. The molecule has 3 heterocycles. The van der Waals surface area contributed by atoms with Crippen LogP contribution in [0.3, 0.4) is 0 Å². The lowest BCUT2D eigenvalue weighted by Gasteiger charge is -2.13. The van der Waals surface area contributed by atoms with E-state index in [4.69, 9.17) is 4.98 Å². The van der Waals surface area contributed by atoms with Gasteiger partial charge in [0.2, 0.25) is 5.91 Å². The van der Waals surface area contributed by atoms with Crippen molar-refractivity contribution in [1.82, 2.24) is 14.9 Å². The molecule has 1 aliphatic rings. The fraction of sp³-hybridized carbons (Fsp3) is 0.421. The van der Waals surface area contributed by atoms with Crippen molar-refractivity contribution in [3.8, 4) is 0 Å². The molecular formula is C19H21N3O2S3. The largest absolute Gasteiger partial charge is 0.348 e. The van der Waals surface area contributed by atoms with Gasteiger partial charge in [0.05, 0.1) is 17.2 Å². The van der Waals surface area contributed by atoms with Gasteiger partial charge in [-0.2, -0.15) is 0 Å². The molecule has 0 aliphatic heterocycles. The number of amides is 1. The van der Waals surface area contributed by atoms with E-state index in [1.807, 2.05) is 24.4 Å². The first-order chi connectivity index (χ1) is 13.0. The molecule has 0 fully saturated rings. The zero-order chi connectivity index (χ0) is 19.0. The maximum atomic E-state index is 12.9. The first-order valence-electron chi connectivity index (χ1n) is 9.01. The number of carbonyl (C=O) groups excluding carboxylic acids is 1. The standard InChI is InChI=1S/C19H21N3O2S3/c1-11(13-8-5-9-25-13)20-15(23)10-26-19-21-17-16(18(24)22(19)2)12-6-3-4-7-14(12)27-17/h5,8-9,11H,3-4,6-7,10H2,1-2H3,(H,20,23)/t11-/m1/s1. The first-order valence-corrected chi connectivity index (χ1v) is 11.7. The van der Waals surface area contributed by atoms with Gasteiger partial charge in [-0.3, -0.25) is 14.2 Å². The Labute approximate surface area is 169 Å². The molecule has 0 bridgehead atoms. The van der Waals surface area contributed by atoms with E-state index in [0.29, 0.717) is 5.16 Å². The number of hydrogen-bond acceptors (Lipinski definition) is 6. The summed E-state index contributed by atoms with van der Waals surface area (Å²) in [5, 5.41) is 6.39. The van der Waals surface area contributed by atoms with Gasteiger partial charge in [-0.25, -0.2) is 4.98 Å². The number of aromatic nitrogens is 2. The number of nitrogens with one attached hydrogen (secondary N) is 1. The van der Waals surface area contributed by atoms with Gasteiger partial charge < -0.3 is 5.32 Å². The minimum absolute atomic E-state index is 0.00858. The topological polar surface area (TPSA) is 64.0 Å². The van der Waals surface area contributed by atoms with Crippen molar-refractivity contribution in [1.29, 1.82) is 0 Å². The summed E-state index contributed by atoms with van der Waals surface area (Å²) in [5.74, 6) is 0.188. The molecule has 0 radical (unpaired) electrons. The van der Waals surface area contributed by atoms with E-state index in [1.54, 1.807) is 34.3 Å². The molecule has 0 aromatic carbocycles. The number of fused-ring (bicyclic) bond motifs is 3. The lowest BCUT2D eigenvalue weighted by molar-refractivity contribution is -0.119. The van der Waals surface area contributed by atoms with Crippen LogP contribution in [0, 0.1) is 0 Å². The van der Waals surface area contributed by atoms with Gasteiger partial charge in [-0.1, -0.05) is 17.8 Å². The van der Waals surface area contributed by atoms with Gasteiger partial charge in [0, 0.05) is 16.8 Å². The lowest BCUT2D eigenvalue weighted by atomic mass is 9.97. The van der Waals surface area contributed by atoms with Crippen molar-refractivity contribution in [2.75, 3.05) is 5.75 Å². The predicted octanol–water partition coefficient (Wildman–Crippen LogP) is 3.90. The van der Waals surface area contributed by atoms with Crippen molar-refractivity contribution >= 4 is 50.6 Å². The molecule has 1 amide bonds. The molecule has 1 aliphatic carbocycles. The summed E-state index contributed by atoms with van der Waals surface area (Å²) in [4.78, 5) is 33.1. The highest BCUT2D eigenvalue weighted by Crippen LogP contribution is 2.34. The van der Waals surface area contributed by atoms with Crippen molar-refractivity contribution < 1.29 is 4.79 Å². The quantitative estimate of drug-likeness (QED) is 0.503. The zero-order valence-corrected chi connectivity index (χ0v) is 17.7. The average Bonchev–Trinajstić information content (AvgIpc) is 3.31. The Morgan fingerprint density at radius 2 is 2.22 bits per heavy atom. The van der Waals surface area contributed by atoms with Gasteiger partial charge in [-0.15, -0.1) is 22.7 Å².